The van der Waals surface area contributed by atoms with Crippen LogP contribution in [-0.4, -0.2) is 11.3 Å². The fraction of sp³-hybridized carbons (Fsp3) is 0.167. The van der Waals surface area contributed by atoms with E-state index in [-0.39, 0.29) is 0 Å². The van der Waals surface area contributed by atoms with Crippen LogP contribution in [0.15, 0.2) is 30.5 Å². The number of rotatable bonds is 3. The molecule has 0 unspecified atom stereocenters. The molecule has 0 bridgehead atoms. The minimum absolute atomic E-state index is 0.427. The molecule has 0 saturated heterocycles. The molecule has 6 heteroatoms. The number of thiazole rings is 1. The van der Waals surface area contributed by atoms with E-state index in [4.69, 9.17) is 0 Å². The zero-order chi connectivity index (χ0) is 13.2. The largest absolute Gasteiger partial charge is 0.416 e. The van der Waals surface area contributed by atoms with E-state index in [9.17, 15) is 18.0 Å². The summed E-state index contributed by atoms with van der Waals surface area (Å²) in [7, 11) is 0. The van der Waals surface area contributed by atoms with E-state index in [1.807, 2.05) is 0 Å². The molecule has 0 fully saturated rings. The average molecular weight is 271 g/mol. The Labute approximate surface area is 105 Å². The Kier molecular flexibility index (Phi) is 3.47. The van der Waals surface area contributed by atoms with Crippen molar-refractivity contribution >= 4 is 17.6 Å². The van der Waals surface area contributed by atoms with Gasteiger partial charge in [-0.05, 0) is 17.7 Å². The standard InChI is InChI=1S/C12H8F3NOS/c13-12(14,15)9-3-1-8(2-4-9)5-11-16-6-10(7-17)18-11/h1-4,6-7H,5H2. The van der Waals surface area contributed by atoms with Crippen LogP contribution in [-0.2, 0) is 12.6 Å². The molecule has 0 spiro atoms. The predicted molar refractivity (Wildman–Crippen MR) is 61.8 cm³/mol. The van der Waals surface area contributed by atoms with E-state index in [2.05, 4.69) is 4.98 Å². The number of halogens is 3. The summed E-state index contributed by atoms with van der Waals surface area (Å²) < 4.78 is 37.0. The van der Waals surface area contributed by atoms with Crippen molar-refractivity contribution in [3.63, 3.8) is 0 Å². The summed E-state index contributed by atoms with van der Waals surface area (Å²) in [5.41, 5.74) is 0.0637. The molecule has 0 N–H and O–H groups in total. The Hall–Kier alpha value is -1.69. The zero-order valence-corrected chi connectivity index (χ0v) is 9.89. The van der Waals surface area contributed by atoms with E-state index in [1.54, 1.807) is 0 Å². The Morgan fingerprint density at radius 2 is 1.89 bits per heavy atom. The third-order valence-corrected chi connectivity index (χ3v) is 3.25. The van der Waals surface area contributed by atoms with Crippen LogP contribution in [0.2, 0.25) is 0 Å². The smallest absolute Gasteiger partial charge is 0.297 e. The van der Waals surface area contributed by atoms with E-state index in [0.29, 0.717) is 22.6 Å². The first-order valence-electron chi connectivity index (χ1n) is 5.05. The molecule has 1 aromatic carbocycles. The van der Waals surface area contributed by atoms with Crippen molar-refractivity contribution in [1.82, 2.24) is 4.98 Å². The molecule has 1 heterocycles. The Morgan fingerprint density at radius 1 is 1.22 bits per heavy atom. The van der Waals surface area contributed by atoms with E-state index in [0.717, 1.165) is 17.7 Å². The van der Waals surface area contributed by atoms with E-state index < -0.39 is 11.7 Å². The van der Waals surface area contributed by atoms with Gasteiger partial charge in [-0.2, -0.15) is 13.2 Å². The number of carbonyl (C=O) groups excluding carboxylic acids is 1. The van der Waals surface area contributed by atoms with Crippen LogP contribution >= 0.6 is 11.3 Å². The van der Waals surface area contributed by atoms with Crippen molar-refractivity contribution < 1.29 is 18.0 Å². The molecule has 0 aliphatic rings. The van der Waals surface area contributed by atoms with Gasteiger partial charge in [-0.25, -0.2) is 4.98 Å². The van der Waals surface area contributed by atoms with Gasteiger partial charge >= 0.3 is 6.18 Å². The molecule has 2 rings (SSSR count). The van der Waals surface area contributed by atoms with Crippen LogP contribution in [0.5, 0.6) is 0 Å². The van der Waals surface area contributed by atoms with Crippen LogP contribution in [0, 0.1) is 0 Å². The lowest BCUT2D eigenvalue weighted by Crippen LogP contribution is -2.04. The fourth-order valence-corrected chi connectivity index (χ4v) is 2.22. The molecular weight excluding hydrogens is 263 g/mol. The maximum atomic E-state index is 12.3. The highest BCUT2D eigenvalue weighted by atomic mass is 32.1. The van der Waals surface area contributed by atoms with Gasteiger partial charge in [0.25, 0.3) is 0 Å². The summed E-state index contributed by atoms with van der Waals surface area (Å²) in [5, 5.41) is 0.705. The highest BCUT2D eigenvalue weighted by molar-refractivity contribution is 7.13. The molecule has 2 aromatic rings. The normalized spacial score (nSPS) is 11.5. The van der Waals surface area contributed by atoms with Crippen LogP contribution in [0.3, 0.4) is 0 Å². The second kappa shape index (κ2) is 4.89. The van der Waals surface area contributed by atoms with Gasteiger partial charge in [0.2, 0.25) is 0 Å². The number of aromatic nitrogens is 1. The van der Waals surface area contributed by atoms with Crippen LogP contribution < -0.4 is 0 Å². The zero-order valence-electron chi connectivity index (χ0n) is 9.07. The summed E-state index contributed by atoms with van der Waals surface area (Å²) in [4.78, 5) is 15.0. The third kappa shape index (κ3) is 2.95. The van der Waals surface area contributed by atoms with E-state index >= 15 is 0 Å². The Bertz CT molecular complexity index is 545. The summed E-state index contributed by atoms with van der Waals surface area (Å²) in [6.07, 6.45) is -1.73. The van der Waals surface area contributed by atoms with Crippen molar-refractivity contribution in [3.05, 3.63) is 51.5 Å². The molecular formula is C12H8F3NOS. The second-order valence-electron chi connectivity index (χ2n) is 3.65. The van der Waals surface area contributed by atoms with E-state index in [1.165, 1.54) is 29.7 Å². The van der Waals surface area contributed by atoms with Crippen molar-refractivity contribution in [3.8, 4) is 0 Å². The molecule has 0 amide bonds. The molecule has 1 aromatic heterocycles. The van der Waals surface area contributed by atoms with Crippen molar-refractivity contribution in [2.24, 2.45) is 0 Å². The molecule has 0 aliphatic carbocycles. The van der Waals surface area contributed by atoms with Crippen LogP contribution in [0.1, 0.15) is 25.8 Å². The van der Waals surface area contributed by atoms with Gasteiger partial charge in [0.1, 0.15) is 0 Å². The summed E-state index contributed by atoms with van der Waals surface area (Å²) in [5.74, 6) is 0. The van der Waals surface area contributed by atoms with Gasteiger partial charge in [0.05, 0.1) is 15.4 Å². The first kappa shape index (κ1) is 12.8. The highest BCUT2D eigenvalue weighted by Gasteiger charge is 2.29. The second-order valence-corrected chi connectivity index (χ2v) is 4.79. The monoisotopic (exact) mass is 271 g/mol. The number of benzene rings is 1. The molecule has 2 nitrogen and oxygen atoms in total. The van der Waals surface area contributed by atoms with Gasteiger partial charge < -0.3 is 0 Å². The highest BCUT2D eigenvalue weighted by Crippen LogP contribution is 2.29. The quantitative estimate of drug-likeness (QED) is 0.799. The fourth-order valence-electron chi connectivity index (χ4n) is 1.45. The van der Waals surface area contributed by atoms with Gasteiger partial charge in [-0.3, -0.25) is 4.79 Å². The molecule has 0 atom stereocenters. The minimum Gasteiger partial charge on any atom is -0.297 e. The maximum absolute atomic E-state index is 12.3. The number of aldehydes is 1. The van der Waals surface area contributed by atoms with Crippen molar-refractivity contribution in [1.29, 1.82) is 0 Å². The molecule has 18 heavy (non-hydrogen) atoms. The summed E-state index contributed by atoms with van der Waals surface area (Å²) in [6.45, 7) is 0. The summed E-state index contributed by atoms with van der Waals surface area (Å²) in [6, 6.07) is 4.93. The Morgan fingerprint density at radius 3 is 2.39 bits per heavy atom. The van der Waals surface area contributed by atoms with Gasteiger partial charge in [0.15, 0.2) is 6.29 Å². The Balaban J connectivity index is 2.13. The number of carbonyl (C=O) groups is 1. The number of alkyl halides is 3. The third-order valence-electron chi connectivity index (χ3n) is 2.32. The van der Waals surface area contributed by atoms with Crippen molar-refractivity contribution in [2.45, 2.75) is 12.6 Å². The SMILES string of the molecule is O=Cc1cnc(Cc2ccc(C(F)(F)F)cc2)s1. The first-order chi connectivity index (χ1) is 8.49. The van der Waals surface area contributed by atoms with Gasteiger partial charge in [-0.15, -0.1) is 11.3 Å². The maximum Gasteiger partial charge on any atom is 0.416 e. The topological polar surface area (TPSA) is 30.0 Å². The van der Waals surface area contributed by atoms with Gasteiger partial charge in [0, 0.05) is 12.6 Å². The number of nitrogens with zero attached hydrogens (tertiary/aromatic N) is 1. The van der Waals surface area contributed by atoms with Crippen LogP contribution in [0.25, 0.3) is 0 Å². The van der Waals surface area contributed by atoms with Crippen molar-refractivity contribution in [2.75, 3.05) is 0 Å². The predicted octanol–water partition coefficient (Wildman–Crippen LogP) is 3.57. The first-order valence-corrected chi connectivity index (χ1v) is 5.87. The molecule has 0 saturated carbocycles. The summed E-state index contributed by atoms with van der Waals surface area (Å²) >= 11 is 1.24. The van der Waals surface area contributed by atoms with Crippen LogP contribution in [0.4, 0.5) is 13.2 Å². The lowest BCUT2D eigenvalue weighted by molar-refractivity contribution is -0.137. The number of hydrogen-bond donors (Lipinski definition) is 0. The molecule has 0 radical (unpaired) electrons. The lowest BCUT2D eigenvalue weighted by atomic mass is 10.1. The number of hydrogen-bond acceptors (Lipinski definition) is 3. The average Bonchev–Trinajstić information content (AvgIpc) is 2.76. The lowest BCUT2D eigenvalue weighted by Gasteiger charge is -2.06. The molecule has 94 valence electrons. The van der Waals surface area contributed by atoms with Gasteiger partial charge in [-0.1, -0.05) is 12.1 Å². The minimum atomic E-state index is -4.32. The molecule has 0 aliphatic heterocycles.